The van der Waals surface area contributed by atoms with Gasteiger partial charge < -0.3 is 0 Å². The maximum absolute atomic E-state index is 9.31. The summed E-state index contributed by atoms with van der Waals surface area (Å²) in [4.78, 5) is 11.0. The molecule has 0 saturated heterocycles. The van der Waals surface area contributed by atoms with E-state index in [1.54, 1.807) is 4.82 Å². The van der Waals surface area contributed by atoms with Crippen LogP contribution in [0.5, 0.6) is 0 Å². The predicted octanol–water partition coefficient (Wildman–Crippen LogP) is 3.96. The van der Waals surface area contributed by atoms with E-state index in [9.17, 15) is 4.79 Å². The Balaban J connectivity index is 0.000000252. The molecule has 0 aromatic heterocycles. The Morgan fingerprint density at radius 1 is 1.08 bits per heavy atom. The van der Waals surface area contributed by atoms with Crippen LogP contribution in [0.4, 0.5) is 0 Å². The molecule has 4 heteroatoms. The van der Waals surface area contributed by atoms with Gasteiger partial charge in [0.25, 0.3) is 0 Å². The van der Waals surface area contributed by atoms with Crippen LogP contribution in [0.3, 0.4) is 0 Å². The quantitative estimate of drug-likeness (QED) is 0.643. The zero-order valence-electron chi connectivity index (χ0n) is 7.14. The SMILES string of the molecule is C1=CCCCCC=C1.O=[C]=[Co]([Br])[Br]. The first-order chi connectivity index (χ1) is 6.27. The molecule has 0 fully saturated rings. The normalized spacial score (nSPS) is 16.0. The zero-order chi connectivity index (χ0) is 9.94. The van der Waals surface area contributed by atoms with E-state index in [1.807, 2.05) is 0 Å². The molecule has 1 aliphatic rings. The molecule has 0 spiro atoms. The summed E-state index contributed by atoms with van der Waals surface area (Å²) in [6.45, 7) is 0. The molecule has 77 valence electrons. The molecule has 0 bridgehead atoms. The topological polar surface area (TPSA) is 17.1 Å². The van der Waals surface area contributed by atoms with Gasteiger partial charge >= 0.3 is 47.6 Å². The fraction of sp³-hybridized carbons (Fsp3) is 0.444. The number of halogens is 2. The molecular weight excluding hydrogens is 343 g/mol. The summed E-state index contributed by atoms with van der Waals surface area (Å²) in [5.41, 5.74) is 0. The maximum atomic E-state index is 9.31. The van der Waals surface area contributed by atoms with Crippen molar-refractivity contribution in [3.05, 3.63) is 24.3 Å². The van der Waals surface area contributed by atoms with Crippen molar-refractivity contribution in [1.29, 1.82) is 0 Å². The van der Waals surface area contributed by atoms with E-state index in [1.165, 1.54) is 25.7 Å². The van der Waals surface area contributed by atoms with Gasteiger partial charge in [-0.3, -0.25) is 0 Å². The molecular formula is C9H12Br2CoO. The van der Waals surface area contributed by atoms with Crippen molar-refractivity contribution in [1.82, 2.24) is 0 Å². The molecule has 0 aliphatic heterocycles. The molecule has 0 N–H and O–H groups in total. The van der Waals surface area contributed by atoms with Gasteiger partial charge in [-0.25, -0.2) is 0 Å². The fourth-order valence-electron chi connectivity index (χ4n) is 0.874. The van der Waals surface area contributed by atoms with Crippen molar-refractivity contribution in [2.24, 2.45) is 0 Å². The molecule has 0 amide bonds. The Morgan fingerprint density at radius 2 is 1.46 bits per heavy atom. The van der Waals surface area contributed by atoms with Gasteiger partial charge in [0.1, 0.15) is 0 Å². The van der Waals surface area contributed by atoms with Crippen LogP contribution in [0, 0.1) is 0 Å². The number of rotatable bonds is 0. The molecule has 0 aromatic rings. The summed E-state index contributed by atoms with van der Waals surface area (Å²) >= 11 is 5.86. The molecule has 1 rings (SSSR count). The fourth-order valence-corrected chi connectivity index (χ4v) is 0.874. The summed E-state index contributed by atoms with van der Waals surface area (Å²) < 4.78 is 0. The number of allylic oxidation sites excluding steroid dienone is 4. The van der Waals surface area contributed by atoms with Crippen molar-refractivity contribution >= 4 is 33.2 Å². The first-order valence-electron chi connectivity index (χ1n) is 3.94. The van der Waals surface area contributed by atoms with E-state index in [4.69, 9.17) is 0 Å². The van der Waals surface area contributed by atoms with Crippen molar-refractivity contribution in [2.45, 2.75) is 25.7 Å². The molecule has 0 atom stereocenters. The van der Waals surface area contributed by atoms with Crippen LogP contribution in [0.2, 0.25) is 0 Å². The van der Waals surface area contributed by atoms with E-state index in [0.29, 0.717) is 0 Å². The van der Waals surface area contributed by atoms with Crippen LogP contribution in [0.15, 0.2) is 24.3 Å². The minimum absolute atomic E-state index is 0.762. The van der Waals surface area contributed by atoms with Crippen molar-refractivity contribution in [3.63, 3.8) is 0 Å². The summed E-state index contributed by atoms with van der Waals surface area (Å²) in [7, 11) is -0.762. The molecule has 0 heterocycles. The third kappa shape index (κ3) is 12.5. The summed E-state index contributed by atoms with van der Waals surface area (Å²) in [6, 6.07) is 0. The van der Waals surface area contributed by atoms with Crippen LogP contribution < -0.4 is 0 Å². The Kier molecular flexibility index (Phi) is 11.0. The van der Waals surface area contributed by atoms with E-state index >= 15 is 0 Å². The Hall–Kier alpha value is 0.526. The second kappa shape index (κ2) is 10.6. The average molecular weight is 355 g/mol. The van der Waals surface area contributed by atoms with E-state index in [0.717, 1.165) is 0 Å². The molecule has 0 radical (unpaired) electrons. The van der Waals surface area contributed by atoms with Crippen LogP contribution in [0.1, 0.15) is 25.7 Å². The van der Waals surface area contributed by atoms with Crippen LogP contribution >= 0.6 is 28.3 Å². The van der Waals surface area contributed by atoms with E-state index in [-0.39, 0.29) is 0 Å². The second-order valence-corrected chi connectivity index (χ2v) is 10.4. The molecule has 1 aliphatic carbocycles. The third-order valence-electron chi connectivity index (χ3n) is 1.43. The minimum atomic E-state index is -0.762. The van der Waals surface area contributed by atoms with Gasteiger partial charge in [-0.15, -0.1) is 0 Å². The summed E-state index contributed by atoms with van der Waals surface area (Å²) in [6.07, 6.45) is 14.0. The standard InChI is InChI=1S/C8H12.CO.2BrH.Co/c1-2-4-6-8-7-5-3-1;1-2;;;/h1-4H,5-8H2;;2*1H;/q;;;;+2/p-2. The van der Waals surface area contributed by atoms with Crippen molar-refractivity contribution in [2.75, 3.05) is 0 Å². The van der Waals surface area contributed by atoms with Gasteiger partial charge in [-0.1, -0.05) is 24.3 Å². The Bertz CT molecular complexity index is 212. The zero-order valence-corrected chi connectivity index (χ0v) is 11.3. The van der Waals surface area contributed by atoms with Crippen LogP contribution in [0.25, 0.3) is 0 Å². The van der Waals surface area contributed by atoms with Gasteiger partial charge in [0.15, 0.2) is 0 Å². The Labute approximate surface area is 97.1 Å². The Morgan fingerprint density at radius 3 is 1.77 bits per heavy atom. The second-order valence-electron chi connectivity index (χ2n) is 2.38. The predicted molar refractivity (Wildman–Crippen MR) is 60.3 cm³/mol. The molecule has 1 nitrogen and oxygen atoms in total. The van der Waals surface area contributed by atoms with Gasteiger partial charge in [0, 0.05) is 0 Å². The summed E-state index contributed by atoms with van der Waals surface area (Å²) in [5.74, 6) is 0. The first-order valence-corrected chi connectivity index (χ1v) is 9.61. The molecule has 0 unspecified atom stereocenters. The molecule has 0 saturated carbocycles. The van der Waals surface area contributed by atoms with Gasteiger partial charge in [0.2, 0.25) is 0 Å². The average Bonchev–Trinajstić information content (AvgIpc) is 2.04. The monoisotopic (exact) mass is 353 g/mol. The van der Waals surface area contributed by atoms with Gasteiger partial charge in [0.05, 0.1) is 0 Å². The van der Waals surface area contributed by atoms with Gasteiger partial charge in [-0.05, 0) is 25.7 Å². The third-order valence-corrected chi connectivity index (χ3v) is 2.48. The van der Waals surface area contributed by atoms with Crippen molar-refractivity contribution < 1.29 is 14.4 Å². The van der Waals surface area contributed by atoms with Crippen LogP contribution in [-0.4, -0.2) is 4.82 Å². The molecule has 13 heavy (non-hydrogen) atoms. The van der Waals surface area contributed by atoms with Gasteiger partial charge in [-0.2, -0.15) is 0 Å². The van der Waals surface area contributed by atoms with E-state index in [2.05, 4.69) is 52.6 Å². The number of hydrogen-bond acceptors (Lipinski definition) is 1. The molecule has 0 aromatic carbocycles. The first kappa shape index (κ1) is 13.5. The van der Waals surface area contributed by atoms with Crippen molar-refractivity contribution in [3.8, 4) is 0 Å². The number of carbonyl (C=O) groups excluding carboxylic acids is 1. The van der Waals surface area contributed by atoms with Crippen LogP contribution in [-0.2, 0) is 14.4 Å². The number of hydrogen-bond donors (Lipinski definition) is 0. The summed E-state index contributed by atoms with van der Waals surface area (Å²) in [5, 5.41) is 0. The van der Waals surface area contributed by atoms with E-state index < -0.39 is 9.64 Å².